The summed E-state index contributed by atoms with van der Waals surface area (Å²) in [6.07, 6.45) is 3.52. The van der Waals surface area contributed by atoms with Crippen molar-refractivity contribution in [3.8, 4) is 5.69 Å². The van der Waals surface area contributed by atoms with Gasteiger partial charge >= 0.3 is 6.03 Å². The maximum absolute atomic E-state index is 12.3. The third-order valence-electron chi connectivity index (χ3n) is 3.92. The molecule has 2 heterocycles. The van der Waals surface area contributed by atoms with Crippen LogP contribution in [0.1, 0.15) is 11.8 Å². The minimum absolute atomic E-state index is 0.0533. The molecule has 0 bridgehead atoms. The smallest absolute Gasteiger partial charge is 0.319 e. The predicted molar refractivity (Wildman–Crippen MR) is 103 cm³/mol. The fraction of sp³-hybridized carbons (Fsp3) is 0.294. The van der Waals surface area contributed by atoms with Crippen molar-refractivity contribution in [3.63, 3.8) is 0 Å². The van der Waals surface area contributed by atoms with Gasteiger partial charge in [0.2, 0.25) is 5.16 Å². The summed E-state index contributed by atoms with van der Waals surface area (Å²) in [6.45, 7) is 0.412. The third kappa shape index (κ3) is 4.66. The molecule has 0 aliphatic carbocycles. The second-order valence-corrected chi connectivity index (χ2v) is 6.73. The Balaban J connectivity index is 1.63. The number of thioether (sulfide) groups is 1. The molecule has 1 atom stereocenters. The maximum Gasteiger partial charge on any atom is 0.319 e. The Hall–Kier alpha value is -2.85. The molecule has 2 amide bonds. The fourth-order valence-corrected chi connectivity index (χ4v) is 3.00. The molecule has 0 radical (unpaired) electrons. The van der Waals surface area contributed by atoms with E-state index in [1.165, 1.54) is 11.8 Å². The van der Waals surface area contributed by atoms with Crippen LogP contribution in [0.15, 0.2) is 52.2 Å². The molecule has 3 rings (SSSR count). The molecule has 0 saturated heterocycles. The number of hydrogen-bond acceptors (Lipinski definition) is 7. The molecule has 2 N–H and O–H groups in total. The molecular formula is C17H21N7O2S. The third-order valence-corrected chi connectivity index (χ3v) is 4.54. The van der Waals surface area contributed by atoms with Crippen LogP contribution in [0.25, 0.3) is 5.69 Å². The number of anilines is 1. The first-order valence-electron chi connectivity index (χ1n) is 8.26. The molecule has 142 valence electrons. The van der Waals surface area contributed by atoms with Crippen LogP contribution in [0.2, 0.25) is 0 Å². The number of carbonyl (C=O) groups excluding carboxylic acids is 1. The summed E-state index contributed by atoms with van der Waals surface area (Å²) in [5.41, 5.74) is 1.41. The summed E-state index contributed by atoms with van der Waals surface area (Å²) < 4.78 is 7.07. The Bertz CT molecular complexity index is 879. The molecule has 0 fully saturated rings. The van der Waals surface area contributed by atoms with E-state index >= 15 is 0 Å². The number of furan rings is 1. The van der Waals surface area contributed by atoms with Crippen molar-refractivity contribution in [2.45, 2.75) is 11.2 Å². The van der Waals surface area contributed by atoms with E-state index in [2.05, 4.69) is 26.2 Å². The van der Waals surface area contributed by atoms with Crippen LogP contribution in [-0.2, 0) is 0 Å². The minimum Gasteiger partial charge on any atom is -0.468 e. The van der Waals surface area contributed by atoms with Gasteiger partial charge in [-0.3, -0.25) is 4.90 Å². The molecule has 0 saturated carbocycles. The summed E-state index contributed by atoms with van der Waals surface area (Å²) in [7, 11) is 3.87. The standard InChI is InChI=1S/C17H21N7O2S/c1-23(2)14(15-8-5-9-26-15)11-18-16(25)19-12-6-4-7-13(10-12)24-17(27-3)20-21-22-24/h4-10,14H,11H2,1-3H3,(H2,18,19,25)/t14-/m0/s1. The van der Waals surface area contributed by atoms with Gasteiger partial charge in [0.05, 0.1) is 18.0 Å². The number of tetrazole rings is 1. The number of benzene rings is 1. The molecule has 1 aromatic carbocycles. The molecule has 0 aliphatic rings. The number of nitrogens with one attached hydrogen (secondary N) is 2. The summed E-state index contributed by atoms with van der Waals surface area (Å²) in [5.74, 6) is 0.797. The van der Waals surface area contributed by atoms with Crippen LogP contribution in [-0.4, -0.2) is 58.0 Å². The molecule has 0 spiro atoms. The second-order valence-electron chi connectivity index (χ2n) is 5.96. The molecular weight excluding hydrogens is 366 g/mol. The quantitative estimate of drug-likeness (QED) is 0.600. The topological polar surface area (TPSA) is 101 Å². The van der Waals surface area contributed by atoms with Crippen LogP contribution in [0.3, 0.4) is 0 Å². The summed E-state index contributed by atoms with van der Waals surface area (Å²) in [5, 5.41) is 18.0. The minimum atomic E-state index is -0.299. The normalized spacial score (nSPS) is 12.1. The van der Waals surface area contributed by atoms with Crippen LogP contribution in [0.5, 0.6) is 0 Å². The van der Waals surface area contributed by atoms with Crippen molar-refractivity contribution < 1.29 is 9.21 Å². The van der Waals surface area contributed by atoms with Gasteiger partial charge in [-0.1, -0.05) is 17.8 Å². The van der Waals surface area contributed by atoms with E-state index in [1.54, 1.807) is 10.9 Å². The molecule has 9 nitrogen and oxygen atoms in total. The Morgan fingerprint density at radius 3 is 2.89 bits per heavy atom. The zero-order valence-electron chi connectivity index (χ0n) is 15.3. The van der Waals surface area contributed by atoms with E-state index in [0.717, 1.165) is 11.4 Å². The van der Waals surface area contributed by atoms with Gasteiger partial charge in [0.25, 0.3) is 0 Å². The van der Waals surface area contributed by atoms with Crippen LogP contribution < -0.4 is 10.6 Å². The average molecular weight is 387 g/mol. The predicted octanol–water partition coefficient (Wildman–Crippen LogP) is 2.40. The van der Waals surface area contributed by atoms with Gasteiger partial charge in [-0.25, -0.2) is 4.79 Å². The Morgan fingerprint density at radius 2 is 2.19 bits per heavy atom. The number of nitrogens with zero attached hydrogens (tertiary/aromatic N) is 5. The molecule has 10 heteroatoms. The first kappa shape index (κ1) is 18.9. The first-order chi connectivity index (χ1) is 13.1. The van der Waals surface area contributed by atoms with E-state index in [1.807, 2.05) is 61.6 Å². The average Bonchev–Trinajstić information content (AvgIpc) is 3.33. The lowest BCUT2D eigenvalue weighted by Gasteiger charge is -2.22. The molecule has 27 heavy (non-hydrogen) atoms. The fourth-order valence-electron chi connectivity index (χ4n) is 2.57. The molecule has 0 unspecified atom stereocenters. The van der Waals surface area contributed by atoms with Crippen LogP contribution in [0.4, 0.5) is 10.5 Å². The van der Waals surface area contributed by atoms with Gasteiger partial charge in [-0.15, -0.1) is 5.10 Å². The first-order valence-corrected chi connectivity index (χ1v) is 9.48. The Kier molecular flexibility index (Phi) is 6.09. The van der Waals surface area contributed by atoms with Crippen molar-refractivity contribution >= 4 is 23.5 Å². The number of rotatable bonds is 7. The Morgan fingerprint density at radius 1 is 1.33 bits per heavy atom. The van der Waals surface area contributed by atoms with Gasteiger partial charge < -0.3 is 15.1 Å². The number of aromatic nitrogens is 4. The van der Waals surface area contributed by atoms with Crippen molar-refractivity contribution in [2.24, 2.45) is 0 Å². The van der Waals surface area contributed by atoms with Gasteiger partial charge in [0, 0.05) is 12.2 Å². The highest BCUT2D eigenvalue weighted by atomic mass is 32.2. The molecule has 2 aromatic heterocycles. The van der Waals surface area contributed by atoms with E-state index in [0.29, 0.717) is 17.4 Å². The highest BCUT2D eigenvalue weighted by Crippen LogP contribution is 2.19. The van der Waals surface area contributed by atoms with Gasteiger partial charge in [0.15, 0.2) is 0 Å². The number of amides is 2. The van der Waals surface area contributed by atoms with E-state index < -0.39 is 0 Å². The lowest BCUT2D eigenvalue weighted by atomic mass is 10.2. The van der Waals surface area contributed by atoms with Crippen molar-refractivity contribution in [1.29, 1.82) is 0 Å². The SMILES string of the molecule is CSc1nnnn1-c1cccc(NC(=O)NC[C@@H](c2ccco2)N(C)C)c1. The molecule has 3 aromatic rings. The maximum atomic E-state index is 12.3. The second kappa shape index (κ2) is 8.69. The van der Waals surface area contributed by atoms with Crippen molar-refractivity contribution in [1.82, 2.24) is 30.4 Å². The number of likely N-dealkylation sites (N-methyl/N-ethyl adjacent to an activating group) is 1. The highest BCUT2D eigenvalue weighted by molar-refractivity contribution is 7.98. The zero-order chi connectivity index (χ0) is 19.2. The number of urea groups is 1. The summed E-state index contributed by atoms with van der Waals surface area (Å²) in [6, 6.07) is 10.7. The number of carbonyl (C=O) groups is 1. The summed E-state index contributed by atoms with van der Waals surface area (Å²) >= 11 is 1.44. The molecule has 0 aliphatic heterocycles. The largest absolute Gasteiger partial charge is 0.468 e. The number of hydrogen-bond donors (Lipinski definition) is 2. The lowest BCUT2D eigenvalue weighted by Crippen LogP contribution is -2.36. The highest BCUT2D eigenvalue weighted by Gasteiger charge is 2.18. The van der Waals surface area contributed by atoms with Crippen molar-refractivity contribution in [2.75, 3.05) is 32.2 Å². The zero-order valence-corrected chi connectivity index (χ0v) is 16.1. The van der Waals surface area contributed by atoms with Gasteiger partial charge in [-0.05, 0) is 61.1 Å². The Labute approximate surface area is 161 Å². The van der Waals surface area contributed by atoms with E-state index in [-0.39, 0.29) is 12.1 Å². The lowest BCUT2D eigenvalue weighted by molar-refractivity contribution is 0.233. The van der Waals surface area contributed by atoms with E-state index in [9.17, 15) is 4.79 Å². The van der Waals surface area contributed by atoms with Crippen molar-refractivity contribution in [3.05, 3.63) is 48.4 Å². The van der Waals surface area contributed by atoms with E-state index in [4.69, 9.17) is 4.42 Å². The van der Waals surface area contributed by atoms with Gasteiger partial charge in [0.1, 0.15) is 5.76 Å². The van der Waals surface area contributed by atoms with Crippen LogP contribution >= 0.6 is 11.8 Å². The summed E-state index contributed by atoms with van der Waals surface area (Å²) in [4.78, 5) is 14.3. The van der Waals surface area contributed by atoms with Crippen LogP contribution in [0, 0.1) is 0 Å². The van der Waals surface area contributed by atoms with Gasteiger partial charge in [-0.2, -0.15) is 4.68 Å². The monoisotopic (exact) mass is 387 g/mol.